The lowest BCUT2D eigenvalue weighted by atomic mass is 10.1. The molecular weight excluding hydrogens is 524 g/mol. The molecule has 0 N–H and O–H groups in total. The first-order valence-corrected chi connectivity index (χ1v) is 14.2. The zero-order valence-electron chi connectivity index (χ0n) is 21.6. The summed E-state index contributed by atoms with van der Waals surface area (Å²) < 4.78 is 5.74. The Morgan fingerprint density at radius 1 is 0.561 bits per heavy atom. The minimum absolute atomic E-state index is 0.928. The number of hydrogen-bond acceptors (Lipinski definition) is 5. The number of nitrogens with zero attached hydrogens (tertiary/aromatic N) is 6. The Balaban J connectivity index is 1.30. The minimum atomic E-state index is 0.928. The van der Waals surface area contributed by atoms with Crippen LogP contribution in [0.25, 0.3) is 76.0 Å². The molecule has 192 valence electrons. The van der Waals surface area contributed by atoms with E-state index in [0.29, 0.717) is 0 Å². The van der Waals surface area contributed by atoms with Crippen molar-refractivity contribution in [3.63, 3.8) is 0 Å². The maximum atomic E-state index is 4.85. The molecule has 3 aromatic carbocycles. The van der Waals surface area contributed by atoms with Crippen molar-refractivity contribution in [1.29, 1.82) is 0 Å². The first-order chi connectivity index (χ1) is 20.3. The average molecular weight is 545 g/mol. The van der Waals surface area contributed by atoms with E-state index >= 15 is 0 Å². The maximum absolute atomic E-state index is 4.85. The van der Waals surface area contributed by atoms with Crippen molar-refractivity contribution in [1.82, 2.24) is 29.1 Å². The van der Waals surface area contributed by atoms with Crippen molar-refractivity contribution in [3.05, 3.63) is 122 Å². The lowest BCUT2D eigenvalue weighted by molar-refractivity contribution is 1.17. The van der Waals surface area contributed by atoms with E-state index in [9.17, 15) is 0 Å². The second kappa shape index (κ2) is 8.55. The third-order valence-electron chi connectivity index (χ3n) is 7.74. The molecule has 7 heteroatoms. The van der Waals surface area contributed by atoms with Gasteiger partial charge in [-0.3, -0.25) is 15.0 Å². The van der Waals surface area contributed by atoms with Crippen LogP contribution in [0.4, 0.5) is 0 Å². The van der Waals surface area contributed by atoms with Gasteiger partial charge < -0.3 is 9.13 Å². The van der Waals surface area contributed by atoms with Crippen LogP contribution in [0.2, 0.25) is 0 Å². The monoisotopic (exact) mass is 544 g/mol. The second-order valence-electron chi connectivity index (χ2n) is 10.0. The molecule has 6 heterocycles. The first-order valence-electron chi connectivity index (χ1n) is 13.4. The largest absolute Gasteiger partial charge is 0.308 e. The Morgan fingerprint density at radius 2 is 1.20 bits per heavy atom. The van der Waals surface area contributed by atoms with E-state index < -0.39 is 0 Å². The predicted octanol–water partition coefficient (Wildman–Crippen LogP) is 8.34. The molecular formula is C34H20N6S. The summed E-state index contributed by atoms with van der Waals surface area (Å²) in [6, 6.07) is 34.0. The van der Waals surface area contributed by atoms with Crippen molar-refractivity contribution in [2.45, 2.75) is 0 Å². The van der Waals surface area contributed by atoms with Gasteiger partial charge in [0.2, 0.25) is 0 Å². The molecule has 0 fully saturated rings. The van der Waals surface area contributed by atoms with Crippen LogP contribution < -0.4 is 0 Å². The number of thiazole rings is 1. The molecule has 0 amide bonds. The van der Waals surface area contributed by atoms with E-state index in [2.05, 4.69) is 86.9 Å². The smallest absolute Gasteiger partial charge is 0.124 e. The van der Waals surface area contributed by atoms with E-state index in [-0.39, 0.29) is 0 Å². The van der Waals surface area contributed by atoms with E-state index in [0.717, 1.165) is 76.0 Å². The number of benzene rings is 3. The summed E-state index contributed by atoms with van der Waals surface area (Å²) in [4.78, 5) is 18.7. The number of aromatic nitrogens is 6. The van der Waals surface area contributed by atoms with Crippen LogP contribution in [0, 0.1) is 0 Å². The molecule has 0 radical (unpaired) electrons. The van der Waals surface area contributed by atoms with Gasteiger partial charge in [-0.25, -0.2) is 4.98 Å². The number of hydrogen-bond donors (Lipinski definition) is 0. The Morgan fingerprint density at radius 3 is 1.83 bits per heavy atom. The fourth-order valence-electron chi connectivity index (χ4n) is 5.95. The average Bonchev–Trinajstić information content (AvgIpc) is 3.71. The minimum Gasteiger partial charge on any atom is -0.308 e. The van der Waals surface area contributed by atoms with Gasteiger partial charge >= 0.3 is 0 Å². The molecule has 0 unspecified atom stereocenters. The molecule has 0 aliphatic heterocycles. The molecule has 0 spiro atoms. The molecule has 0 saturated heterocycles. The zero-order valence-corrected chi connectivity index (χ0v) is 22.5. The molecule has 0 aliphatic carbocycles. The van der Waals surface area contributed by atoms with Gasteiger partial charge in [-0.1, -0.05) is 18.2 Å². The molecule has 6 nitrogen and oxygen atoms in total. The fourth-order valence-corrected chi connectivity index (χ4v) is 6.88. The lowest BCUT2D eigenvalue weighted by Crippen LogP contribution is -1.94. The summed E-state index contributed by atoms with van der Waals surface area (Å²) in [5.74, 6) is 0. The summed E-state index contributed by atoms with van der Waals surface area (Å²) in [6.45, 7) is 0. The molecule has 0 atom stereocenters. The molecule has 41 heavy (non-hydrogen) atoms. The predicted molar refractivity (Wildman–Crippen MR) is 167 cm³/mol. The van der Waals surface area contributed by atoms with E-state index in [4.69, 9.17) is 15.0 Å². The molecule has 0 aliphatic rings. The molecule has 0 saturated carbocycles. The summed E-state index contributed by atoms with van der Waals surface area (Å²) in [6.07, 6.45) is 7.37. The van der Waals surface area contributed by atoms with Gasteiger partial charge in [-0.15, -0.1) is 11.3 Å². The molecule has 9 aromatic rings. The topological polar surface area (TPSA) is 61.4 Å². The van der Waals surface area contributed by atoms with Crippen LogP contribution >= 0.6 is 11.3 Å². The van der Waals surface area contributed by atoms with Crippen molar-refractivity contribution in [2.24, 2.45) is 0 Å². The summed E-state index contributed by atoms with van der Waals surface area (Å²) in [5, 5.41) is 3.21. The Hall–Kier alpha value is -5.40. The van der Waals surface area contributed by atoms with Crippen LogP contribution in [0.15, 0.2) is 122 Å². The number of pyridine rings is 3. The standard InChI is InChI=1S/C34H20N6S/c1-2-6-22(7-3-1)39-27-8-4-15-36-32(27)24-19-30-25(18-29(24)39)33-28(9-5-16-37-33)40(30)23-12-10-21(11-13-23)34-38-26-20-35-17-14-31(26)41-34/h1-20H. The Kier molecular flexibility index (Phi) is 4.67. The SMILES string of the molecule is c1ccc(-n2c3cc4c5ncccc5n(-c5ccc(-c6nc7cnccc7s6)cc5)c4cc3c3ncccc32)cc1. The van der Waals surface area contributed by atoms with Crippen molar-refractivity contribution < 1.29 is 0 Å². The highest BCUT2D eigenvalue weighted by Crippen LogP contribution is 2.38. The summed E-state index contributed by atoms with van der Waals surface area (Å²) >= 11 is 1.68. The Bertz CT molecular complexity index is 2380. The highest BCUT2D eigenvalue weighted by atomic mass is 32.1. The van der Waals surface area contributed by atoms with Crippen molar-refractivity contribution in [3.8, 4) is 21.9 Å². The van der Waals surface area contributed by atoms with Crippen LogP contribution in [0.3, 0.4) is 0 Å². The number of para-hydroxylation sites is 1. The molecule has 0 bridgehead atoms. The van der Waals surface area contributed by atoms with Gasteiger partial charge in [0.1, 0.15) is 10.5 Å². The number of fused-ring (bicyclic) bond motifs is 7. The third kappa shape index (κ3) is 3.30. The lowest BCUT2D eigenvalue weighted by Gasteiger charge is -2.09. The normalized spacial score (nSPS) is 11.9. The van der Waals surface area contributed by atoms with E-state index in [1.807, 2.05) is 49.1 Å². The summed E-state index contributed by atoms with van der Waals surface area (Å²) in [7, 11) is 0. The maximum Gasteiger partial charge on any atom is 0.124 e. The van der Waals surface area contributed by atoms with E-state index in [1.54, 1.807) is 11.3 Å². The second-order valence-corrected chi connectivity index (χ2v) is 11.1. The van der Waals surface area contributed by atoms with Crippen LogP contribution in [0.5, 0.6) is 0 Å². The van der Waals surface area contributed by atoms with Crippen molar-refractivity contribution in [2.75, 3.05) is 0 Å². The van der Waals surface area contributed by atoms with Crippen LogP contribution in [-0.2, 0) is 0 Å². The quantitative estimate of drug-likeness (QED) is 0.224. The third-order valence-corrected chi connectivity index (χ3v) is 8.82. The van der Waals surface area contributed by atoms with Gasteiger partial charge in [0.05, 0.1) is 44.0 Å². The molecule has 6 aromatic heterocycles. The van der Waals surface area contributed by atoms with Crippen molar-refractivity contribution >= 4 is 65.4 Å². The van der Waals surface area contributed by atoms with Gasteiger partial charge in [-0.05, 0) is 78.9 Å². The van der Waals surface area contributed by atoms with Crippen LogP contribution in [0.1, 0.15) is 0 Å². The Labute approximate surface area is 237 Å². The van der Waals surface area contributed by atoms with Gasteiger partial charge in [0.25, 0.3) is 0 Å². The molecule has 9 rings (SSSR count). The van der Waals surface area contributed by atoms with Gasteiger partial charge in [0, 0.05) is 46.3 Å². The van der Waals surface area contributed by atoms with E-state index in [1.165, 1.54) is 0 Å². The van der Waals surface area contributed by atoms with Gasteiger partial charge in [-0.2, -0.15) is 0 Å². The highest BCUT2D eigenvalue weighted by molar-refractivity contribution is 7.21. The highest BCUT2D eigenvalue weighted by Gasteiger charge is 2.19. The zero-order chi connectivity index (χ0) is 26.9. The number of rotatable bonds is 3. The summed E-state index contributed by atoms with van der Waals surface area (Å²) in [5.41, 5.74) is 10.5. The van der Waals surface area contributed by atoms with Crippen LogP contribution in [-0.4, -0.2) is 29.1 Å². The fraction of sp³-hybridized carbons (Fsp3) is 0. The first kappa shape index (κ1) is 22.4. The van der Waals surface area contributed by atoms with Gasteiger partial charge in [0.15, 0.2) is 0 Å².